The van der Waals surface area contributed by atoms with Crippen LogP contribution in [0, 0.1) is 0 Å². The van der Waals surface area contributed by atoms with Gasteiger partial charge < -0.3 is 9.47 Å². The molecule has 148 valence electrons. The van der Waals surface area contributed by atoms with Crippen LogP contribution in [0.5, 0.6) is 11.5 Å². The highest BCUT2D eigenvalue weighted by atomic mass is 35.5. The van der Waals surface area contributed by atoms with Gasteiger partial charge in [-0.05, 0) is 61.1 Å². The van der Waals surface area contributed by atoms with E-state index in [1.54, 1.807) is 0 Å². The van der Waals surface area contributed by atoms with Crippen molar-refractivity contribution in [3.63, 3.8) is 0 Å². The van der Waals surface area contributed by atoms with Crippen molar-refractivity contribution in [1.82, 2.24) is 0 Å². The second-order valence-electron chi connectivity index (χ2n) is 6.24. The topological polar surface area (TPSA) is 18.5 Å². The summed E-state index contributed by atoms with van der Waals surface area (Å²) < 4.78 is 11.7. The van der Waals surface area contributed by atoms with Crippen LogP contribution >= 0.6 is 23.2 Å². The molecule has 2 aromatic carbocycles. The molecule has 0 radical (unpaired) electrons. The molecule has 0 amide bonds. The number of unbranched alkanes of at least 4 members (excludes halogenated alkanes) is 2. The molecule has 0 aliphatic carbocycles. The summed E-state index contributed by atoms with van der Waals surface area (Å²) in [6.07, 6.45) is 7.58. The van der Waals surface area contributed by atoms with Crippen LogP contribution in [0.4, 0.5) is 0 Å². The third kappa shape index (κ3) is 7.10. The molecule has 4 heteroatoms. The number of hydrogen-bond acceptors (Lipinski definition) is 2. The highest BCUT2D eigenvalue weighted by Crippen LogP contribution is 2.33. The van der Waals surface area contributed by atoms with E-state index in [4.69, 9.17) is 32.7 Å². The first-order chi connectivity index (χ1) is 13.7. The summed E-state index contributed by atoms with van der Waals surface area (Å²) in [4.78, 5) is 0. The van der Waals surface area contributed by atoms with Crippen LogP contribution in [0.1, 0.15) is 36.8 Å². The van der Waals surface area contributed by atoms with Crippen molar-refractivity contribution in [3.8, 4) is 11.5 Å². The summed E-state index contributed by atoms with van der Waals surface area (Å²) >= 11 is 12.4. The predicted molar refractivity (Wildman–Crippen MR) is 120 cm³/mol. The van der Waals surface area contributed by atoms with Gasteiger partial charge in [0, 0.05) is 5.57 Å². The zero-order valence-corrected chi connectivity index (χ0v) is 17.5. The van der Waals surface area contributed by atoms with Crippen molar-refractivity contribution in [1.29, 1.82) is 0 Å². The Labute approximate surface area is 178 Å². The fourth-order valence-electron chi connectivity index (χ4n) is 2.66. The van der Waals surface area contributed by atoms with Gasteiger partial charge in [-0.2, -0.15) is 0 Å². The van der Waals surface area contributed by atoms with E-state index in [2.05, 4.69) is 13.2 Å². The molecule has 2 nitrogen and oxygen atoms in total. The van der Waals surface area contributed by atoms with Gasteiger partial charge in [0.2, 0.25) is 0 Å². The van der Waals surface area contributed by atoms with Crippen molar-refractivity contribution in [2.75, 3.05) is 13.2 Å². The number of hydrogen-bond donors (Lipinski definition) is 0. The summed E-state index contributed by atoms with van der Waals surface area (Å²) in [5.41, 5.74) is 2.64. The molecular weight excluding hydrogens is 391 g/mol. The molecular formula is C24H26Cl2O2. The molecule has 0 aliphatic rings. The second kappa shape index (κ2) is 12.3. The van der Waals surface area contributed by atoms with E-state index in [1.165, 1.54) is 0 Å². The minimum absolute atomic E-state index is 0.222. The van der Waals surface area contributed by atoms with Gasteiger partial charge in [0.15, 0.2) is 0 Å². The van der Waals surface area contributed by atoms with Gasteiger partial charge in [-0.15, -0.1) is 13.2 Å². The monoisotopic (exact) mass is 416 g/mol. The Bertz CT molecular complexity index is 712. The molecule has 0 heterocycles. The molecule has 28 heavy (non-hydrogen) atoms. The molecule has 0 N–H and O–H groups in total. The van der Waals surface area contributed by atoms with E-state index in [0.717, 1.165) is 53.9 Å². The largest absolute Gasteiger partial charge is 0.494 e. The van der Waals surface area contributed by atoms with E-state index in [1.807, 2.05) is 60.7 Å². The van der Waals surface area contributed by atoms with Crippen molar-refractivity contribution >= 4 is 28.8 Å². The Morgan fingerprint density at radius 1 is 0.714 bits per heavy atom. The van der Waals surface area contributed by atoms with Crippen LogP contribution in [0.3, 0.4) is 0 Å². The fraction of sp³-hybridized carbons (Fsp3) is 0.250. The van der Waals surface area contributed by atoms with E-state index in [0.29, 0.717) is 13.2 Å². The maximum Gasteiger partial charge on any atom is 0.119 e. The first-order valence-electron chi connectivity index (χ1n) is 9.39. The lowest BCUT2D eigenvalue weighted by Gasteiger charge is -2.12. The Kier molecular flexibility index (Phi) is 9.74. The standard InChI is InChI=1S/C24H26Cl2O2/c1-3-5-7-17-27-21-13-9-19(10-14-21)23(24(25)26)20-11-15-22(16-12-20)28-18-8-6-4-2/h3-4,9-16H,1-2,5-8,17-18H2. The number of benzene rings is 2. The van der Waals surface area contributed by atoms with Crippen molar-refractivity contribution in [3.05, 3.63) is 89.5 Å². The highest BCUT2D eigenvalue weighted by Gasteiger charge is 2.10. The van der Waals surface area contributed by atoms with Crippen LogP contribution in [-0.2, 0) is 0 Å². The average molecular weight is 417 g/mol. The average Bonchev–Trinajstić information content (AvgIpc) is 2.71. The predicted octanol–water partition coefficient (Wildman–Crippen LogP) is 7.57. The first-order valence-corrected chi connectivity index (χ1v) is 10.1. The van der Waals surface area contributed by atoms with Crippen LogP contribution in [0.2, 0.25) is 0 Å². The van der Waals surface area contributed by atoms with Gasteiger partial charge in [0.05, 0.1) is 13.2 Å². The van der Waals surface area contributed by atoms with Crippen LogP contribution in [0.15, 0.2) is 78.3 Å². The molecule has 0 spiro atoms. The highest BCUT2D eigenvalue weighted by molar-refractivity contribution is 6.59. The smallest absolute Gasteiger partial charge is 0.119 e. The van der Waals surface area contributed by atoms with Gasteiger partial charge >= 0.3 is 0 Å². The van der Waals surface area contributed by atoms with Crippen molar-refractivity contribution in [2.24, 2.45) is 0 Å². The molecule has 2 aromatic rings. The molecule has 0 unspecified atom stereocenters. The van der Waals surface area contributed by atoms with Gasteiger partial charge in [-0.3, -0.25) is 0 Å². The zero-order valence-electron chi connectivity index (χ0n) is 16.0. The lowest BCUT2D eigenvalue weighted by atomic mass is 9.99. The van der Waals surface area contributed by atoms with Crippen LogP contribution < -0.4 is 9.47 Å². The van der Waals surface area contributed by atoms with Crippen LogP contribution in [0.25, 0.3) is 5.57 Å². The Hall–Kier alpha value is -2.16. The summed E-state index contributed by atoms with van der Waals surface area (Å²) in [6.45, 7) is 8.75. The van der Waals surface area contributed by atoms with E-state index in [-0.39, 0.29) is 4.49 Å². The molecule has 0 aromatic heterocycles. The Morgan fingerprint density at radius 3 is 1.43 bits per heavy atom. The van der Waals surface area contributed by atoms with Gasteiger partial charge in [0.1, 0.15) is 16.0 Å². The maximum atomic E-state index is 6.19. The minimum atomic E-state index is 0.222. The number of halogens is 2. The summed E-state index contributed by atoms with van der Waals surface area (Å²) in [5, 5.41) is 0. The third-order valence-electron chi connectivity index (χ3n) is 4.12. The van der Waals surface area contributed by atoms with Crippen molar-refractivity contribution in [2.45, 2.75) is 25.7 Å². The first kappa shape index (κ1) is 22.1. The lowest BCUT2D eigenvalue weighted by Crippen LogP contribution is -1.98. The number of rotatable bonds is 12. The SMILES string of the molecule is C=CCCCOc1ccc(C(=C(Cl)Cl)c2ccc(OCCCC=C)cc2)cc1. The molecule has 0 bridgehead atoms. The third-order valence-corrected chi connectivity index (χ3v) is 4.50. The lowest BCUT2D eigenvalue weighted by molar-refractivity contribution is 0.312. The maximum absolute atomic E-state index is 6.19. The quantitative estimate of drug-likeness (QED) is 0.262. The van der Waals surface area contributed by atoms with E-state index in [9.17, 15) is 0 Å². The summed E-state index contributed by atoms with van der Waals surface area (Å²) in [7, 11) is 0. The van der Waals surface area contributed by atoms with Crippen molar-refractivity contribution < 1.29 is 9.47 Å². The van der Waals surface area contributed by atoms with E-state index >= 15 is 0 Å². The van der Waals surface area contributed by atoms with Gasteiger partial charge in [0.25, 0.3) is 0 Å². The normalized spacial score (nSPS) is 10.2. The molecule has 0 aliphatic heterocycles. The van der Waals surface area contributed by atoms with Crippen LogP contribution in [-0.4, -0.2) is 13.2 Å². The molecule has 0 saturated carbocycles. The zero-order chi connectivity index (χ0) is 20.2. The Morgan fingerprint density at radius 2 is 1.11 bits per heavy atom. The minimum Gasteiger partial charge on any atom is -0.494 e. The van der Waals surface area contributed by atoms with E-state index < -0.39 is 0 Å². The molecule has 0 saturated heterocycles. The van der Waals surface area contributed by atoms with Gasteiger partial charge in [-0.1, -0.05) is 59.6 Å². The number of allylic oxidation sites excluding steroid dienone is 2. The summed E-state index contributed by atoms with van der Waals surface area (Å²) in [6, 6.07) is 15.6. The second-order valence-corrected chi connectivity index (χ2v) is 7.19. The summed E-state index contributed by atoms with van der Waals surface area (Å²) in [5.74, 6) is 1.64. The number of ether oxygens (including phenoxy) is 2. The fourth-order valence-corrected chi connectivity index (χ4v) is 3.09. The molecule has 0 atom stereocenters. The Balaban J connectivity index is 2.05. The van der Waals surface area contributed by atoms with Gasteiger partial charge in [-0.25, -0.2) is 0 Å². The molecule has 0 fully saturated rings. The molecule has 2 rings (SSSR count).